The highest BCUT2D eigenvalue weighted by Gasteiger charge is 2.10. The van der Waals surface area contributed by atoms with E-state index in [0.29, 0.717) is 6.04 Å². The van der Waals surface area contributed by atoms with Crippen molar-refractivity contribution in [3.8, 4) is 0 Å². The summed E-state index contributed by atoms with van der Waals surface area (Å²) in [5.74, 6) is 1.30. The molecule has 0 bridgehead atoms. The van der Waals surface area contributed by atoms with Gasteiger partial charge in [0.2, 0.25) is 0 Å². The van der Waals surface area contributed by atoms with Crippen molar-refractivity contribution in [2.45, 2.75) is 38.6 Å². The fourth-order valence-corrected chi connectivity index (χ4v) is 3.69. The second kappa shape index (κ2) is 8.65. The lowest BCUT2D eigenvalue weighted by atomic mass is 10.2. The Kier molecular flexibility index (Phi) is 6.83. The van der Waals surface area contributed by atoms with Crippen molar-refractivity contribution >= 4 is 33.3 Å². The van der Waals surface area contributed by atoms with Gasteiger partial charge in [-0.2, -0.15) is 11.8 Å². The van der Waals surface area contributed by atoms with Gasteiger partial charge in [-0.25, -0.2) is 4.98 Å². The van der Waals surface area contributed by atoms with Crippen LogP contribution in [0.25, 0.3) is 10.2 Å². The summed E-state index contributed by atoms with van der Waals surface area (Å²) in [6.07, 6.45) is 7.50. The highest BCUT2D eigenvalue weighted by atomic mass is 32.2. The van der Waals surface area contributed by atoms with Crippen LogP contribution < -0.4 is 5.32 Å². The number of nitrogens with zero attached hydrogens (tertiary/aromatic N) is 1. The van der Waals surface area contributed by atoms with Crippen molar-refractivity contribution < 1.29 is 0 Å². The molecule has 0 aliphatic rings. The lowest BCUT2D eigenvalue weighted by Gasteiger charge is -2.10. The van der Waals surface area contributed by atoms with Gasteiger partial charge in [0.05, 0.1) is 16.3 Å². The predicted octanol–water partition coefficient (Wildman–Crippen LogP) is 4.87. The minimum absolute atomic E-state index is 0.360. The molecule has 0 radical (unpaired) electrons. The molecule has 1 aromatic carbocycles. The monoisotopic (exact) mass is 308 g/mol. The van der Waals surface area contributed by atoms with Gasteiger partial charge in [0.25, 0.3) is 0 Å². The molecule has 0 saturated heterocycles. The maximum atomic E-state index is 4.71. The summed E-state index contributed by atoms with van der Waals surface area (Å²) in [5.41, 5.74) is 1.12. The quantitative estimate of drug-likeness (QED) is 0.669. The number of thiazole rings is 1. The molecule has 0 saturated carbocycles. The van der Waals surface area contributed by atoms with Gasteiger partial charge in [0.1, 0.15) is 5.01 Å². The Morgan fingerprint density at radius 2 is 2.00 bits per heavy atom. The number of benzene rings is 1. The predicted molar refractivity (Wildman–Crippen MR) is 92.9 cm³/mol. The molecule has 2 aromatic rings. The van der Waals surface area contributed by atoms with Crippen LogP contribution in [0.3, 0.4) is 0 Å². The summed E-state index contributed by atoms with van der Waals surface area (Å²) in [7, 11) is 0. The van der Waals surface area contributed by atoms with Crippen molar-refractivity contribution in [3.05, 3.63) is 29.3 Å². The van der Waals surface area contributed by atoms with Gasteiger partial charge in [-0.05, 0) is 50.5 Å². The van der Waals surface area contributed by atoms with E-state index in [-0.39, 0.29) is 0 Å². The van der Waals surface area contributed by atoms with Gasteiger partial charge in [0, 0.05) is 0 Å². The maximum absolute atomic E-state index is 4.71. The summed E-state index contributed by atoms with van der Waals surface area (Å²) in [4.78, 5) is 4.71. The van der Waals surface area contributed by atoms with Gasteiger partial charge in [-0.1, -0.05) is 25.0 Å². The SMILES string of the molecule is CSCCCCCCNC(C)c1nc2ccccc2s1. The minimum atomic E-state index is 0.360. The molecule has 2 rings (SSSR count). The first kappa shape index (κ1) is 15.8. The van der Waals surface area contributed by atoms with Crippen molar-refractivity contribution in [3.63, 3.8) is 0 Å². The molecule has 0 fully saturated rings. The standard InChI is InChI=1S/C16H24N2S2/c1-13(17-11-7-3-4-8-12-19-2)16-18-14-9-5-6-10-15(14)20-16/h5-6,9-10,13,17H,3-4,7-8,11-12H2,1-2H3. The van der Waals surface area contributed by atoms with E-state index in [1.54, 1.807) is 11.3 Å². The molecule has 1 unspecified atom stereocenters. The minimum Gasteiger partial charge on any atom is -0.308 e. The maximum Gasteiger partial charge on any atom is 0.111 e. The highest BCUT2D eigenvalue weighted by Crippen LogP contribution is 2.25. The summed E-state index contributed by atoms with van der Waals surface area (Å²) in [6, 6.07) is 8.73. The van der Waals surface area contributed by atoms with Crippen molar-refractivity contribution in [1.29, 1.82) is 0 Å². The summed E-state index contributed by atoms with van der Waals surface area (Å²) < 4.78 is 1.29. The van der Waals surface area contributed by atoms with Crippen LogP contribution in [0.1, 0.15) is 43.7 Å². The first-order chi connectivity index (χ1) is 9.81. The van der Waals surface area contributed by atoms with Crippen molar-refractivity contribution in [1.82, 2.24) is 10.3 Å². The van der Waals surface area contributed by atoms with Crippen LogP contribution >= 0.6 is 23.1 Å². The molecule has 1 heterocycles. The molecule has 1 N–H and O–H groups in total. The Hall–Kier alpha value is -0.580. The van der Waals surface area contributed by atoms with Crippen LogP contribution in [-0.2, 0) is 0 Å². The van der Waals surface area contributed by atoms with E-state index in [9.17, 15) is 0 Å². The van der Waals surface area contributed by atoms with Crippen LogP contribution in [0.2, 0.25) is 0 Å². The molecule has 0 aliphatic carbocycles. The molecule has 110 valence electrons. The third-order valence-corrected chi connectivity index (χ3v) is 5.32. The van der Waals surface area contributed by atoms with Gasteiger partial charge >= 0.3 is 0 Å². The second-order valence-corrected chi connectivity index (χ2v) is 7.15. The summed E-state index contributed by atoms with van der Waals surface area (Å²) in [6.45, 7) is 3.31. The number of aromatic nitrogens is 1. The van der Waals surface area contributed by atoms with Crippen molar-refractivity contribution in [2.75, 3.05) is 18.6 Å². The van der Waals surface area contributed by atoms with E-state index < -0.39 is 0 Å². The Morgan fingerprint density at radius 3 is 2.80 bits per heavy atom. The summed E-state index contributed by atoms with van der Waals surface area (Å²) >= 11 is 3.75. The van der Waals surface area contributed by atoms with Crippen LogP contribution in [0.5, 0.6) is 0 Å². The smallest absolute Gasteiger partial charge is 0.111 e. The van der Waals surface area contributed by atoms with Crippen LogP contribution in [-0.4, -0.2) is 23.5 Å². The highest BCUT2D eigenvalue weighted by molar-refractivity contribution is 7.98. The third-order valence-electron chi connectivity index (χ3n) is 3.41. The van der Waals surface area contributed by atoms with E-state index in [4.69, 9.17) is 4.98 Å². The zero-order chi connectivity index (χ0) is 14.2. The van der Waals surface area contributed by atoms with E-state index in [1.165, 1.54) is 41.1 Å². The van der Waals surface area contributed by atoms with Crippen molar-refractivity contribution in [2.24, 2.45) is 0 Å². The lowest BCUT2D eigenvalue weighted by Crippen LogP contribution is -2.19. The average Bonchev–Trinajstić information content (AvgIpc) is 2.90. The largest absolute Gasteiger partial charge is 0.308 e. The number of rotatable bonds is 9. The molecule has 4 heteroatoms. The Bertz CT molecular complexity index is 477. The zero-order valence-corrected chi connectivity index (χ0v) is 14.0. The van der Waals surface area contributed by atoms with E-state index in [2.05, 4.69) is 42.8 Å². The Morgan fingerprint density at radius 1 is 1.20 bits per heavy atom. The fourth-order valence-electron chi connectivity index (χ4n) is 2.21. The molecule has 0 aliphatic heterocycles. The van der Waals surface area contributed by atoms with Gasteiger partial charge in [-0.3, -0.25) is 0 Å². The number of hydrogen-bond donors (Lipinski definition) is 1. The average molecular weight is 309 g/mol. The number of nitrogens with one attached hydrogen (secondary N) is 1. The Balaban J connectivity index is 1.70. The topological polar surface area (TPSA) is 24.9 Å². The normalized spacial score (nSPS) is 12.9. The second-order valence-electron chi connectivity index (χ2n) is 5.10. The molecule has 20 heavy (non-hydrogen) atoms. The van der Waals surface area contributed by atoms with E-state index in [0.717, 1.165) is 12.1 Å². The van der Waals surface area contributed by atoms with Crippen LogP contribution in [0, 0.1) is 0 Å². The first-order valence-electron chi connectivity index (χ1n) is 7.39. The molecular weight excluding hydrogens is 284 g/mol. The lowest BCUT2D eigenvalue weighted by molar-refractivity contribution is 0.536. The molecule has 2 nitrogen and oxygen atoms in total. The zero-order valence-electron chi connectivity index (χ0n) is 12.4. The fraction of sp³-hybridized carbons (Fsp3) is 0.562. The molecule has 0 amide bonds. The number of hydrogen-bond acceptors (Lipinski definition) is 4. The van der Waals surface area contributed by atoms with Gasteiger partial charge in [0.15, 0.2) is 0 Å². The number of unbranched alkanes of at least 4 members (excludes halogenated alkanes) is 3. The molecule has 1 atom stereocenters. The summed E-state index contributed by atoms with van der Waals surface area (Å²) in [5, 5.41) is 4.80. The molecular formula is C16H24N2S2. The van der Waals surface area contributed by atoms with Crippen LogP contribution in [0.15, 0.2) is 24.3 Å². The van der Waals surface area contributed by atoms with Crippen LogP contribution in [0.4, 0.5) is 0 Å². The Labute approximate surface area is 130 Å². The molecule has 1 aromatic heterocycles. The number of thioether (sulfide) groups is 1. The van der Waals surface area contributed by atoms with E-state index >= 15 is 0 Å². The van der Waals surface area contributed by atoms with E-state index in [1.807, 2.05) is 11.8 Å². The van der Waals surface area contributed by atoms with Gasteiger partial charge in [-0.15, -0.1) is 11.3 Å². The van der Waals surface area contributed by atoms with Gasteiger partial charge < -0.3 is 5.32 Å². The number of fused-ring (bicyclic) bond motifs is 1. The number of para-hydroxylation sites is 1. The third kappa shape index (κ3) is 4.76. The first-order valence-corrected chi connectivity index (χ1v) is 9.60. The molecule has 0 spiro atoms.